The van der Waals surface area contributed by atoms with Gasteiger partial charge in [0.15, 0.2) is 24.8 Å². The van der Waals surface area contributed by atoms with Gasteiger partial charge in [-0.2, -0.15) is 0 Å². The largest absolute Gasteiger partial charge is 0.265 e. The Morgan fingerprint density at radius 3 is 0.990 bits per heavy atom. The number of benzene rings is 8. The first-order valence-corrected chi connectivity index (χ1v) is 32.2. The summed E-state index contributed by atoms with van der Waals surface area (Å²) in [4.78, 5) is 25.2. The average Bonchev–Trinajstić information content (AvgIpc) is 0.816. The molecule has 0 radical (unpaired) electrons. The molecule has 0 atom stereocenters. The average molecular weight is 1250 g/mol. The standard InChI is InChI=1S/2C22H19N2.2C21H18N3/c1-16-6-3-4-8-21(16)22-13-20-12-17(18-7-5-11-23-14-18)9-10-19(20)15-24(22)2;1-16-5-3-4-6-21(16)22-14-20-13-18(17-9-11-23-12-10-17)7-8-19(20)15-24(22)2;1-15-5-3-4-6-19(15)21-12-18-11-16(20-13-22-9-10-23-20)7-8-17(18)14-24(21)2;1-15-5-3-4-6-19(15)21-12-18-11-16(20-9-10-22-14-23-20)7-8-17(18)13-24(21)2/h2*3-15H,1-2H3;2*3-14H,1-2H3/q4*+1. The van der Waals surface area contributed by atoms with Crippen molar-refractivity contribution in [3.63, 3.8) is 0 Å². The zero-order valence-corrected chi connectivity index (χ0v) is 55.3. The number of fused-ring (bicyclic) bond motifs is 4. The van der Waals surface area contributed by atoms with Gasteiger partial charge in [0.05, 0.1) is 17.6 Å². The molecule has 16 rings (SSSR count). The molecule has 0 fully saturated rings. The molecular formula is C86H74N10+4. The maximum atomic E-state index is 4.40. The third kappa shape index (κ3) is 14.0. The SMILES string of the molecule is Cc1ccccc1-c1cc2cc(-c3cccnc3)ccc2c[n+]1C.Cc1ccccc1-c1cc2cc(-c3ccncc3)ccc2c[n+]1C.Cc1ccccc1-c1cc2cc(-c3ccncn3)ccc2c[n+]1C.Cc1ccccc1-c1cc2cc(-c3cnccn3)ccc2c[n+]1C. The van der Waals surface area contributed by atoms with Crippen molar-refractivity contribution in [2.45, 2.75) is 27.7 Å². The minimum atomic E-state index is 0.894. The third-order valence-corrected chi connectivity index (χ3v) is 17.8. The highest BCUT2D eigenvalue weighted by atomic mass is 14.9. The fraction of sp³-hybridized carbons (Fsp3) is 0.0930. The molecule has 10 heteroatoms. The van der Waals surface area contributed by atoms with Crippen molar-refractivity contribution >= 4 is 43.1 Å². The molecule has 464 valence electrons. The smallest absolute Gasteiger partial charge is 0.213 e. The van der Waals surface area contributed by atoms with E-state index in [1.54, 1.807) is 37.3 Å². The van der Waals surface area contributed by atoms with Crippen molar-refractivity contribution in [3.8, 4) is 89.8 Å². The molecule has 8 aromatic carbocycles. The molecule has 8 aromatic heterocycles. The van der Waals surface area contributed by atoms with E-state index in [0.717, 1.165) is 28.1 Å². The molecule has 0 bridgehead atoms. The second kappa shape index (κ2) is 28.4. The Labute approximate surface area is 561 Å². The van der Waals surface area contributed by atoms with Gasteiger partial charge in [-0.05, 0) is 185 Å². The van der Waals surface area contributed by atoms with Gasteiger partial charge in [-0.1, -0.05) is 103 Å². The molecule has 0 saturated heterocycles. The summed E-state index contributed by atoms with van der Waals surface area (Å²) in [6.45, 7) is 8.62. The molecule has 0 aliphatic carbocycles. The van der Waals surface area contributed by atoms with Crippen molar-refractivity contribution in [2.24, 2.45) is 28.2 Å². The number of hydrogen-bond acceptors (Lipinski definition) is 6. The molecule has 0 unspecified atom stereocenters. The molecule has 8 heterocycles. The zero-order chi connectivity index (χ0) is 66.1. The Kier molecular flexibility index (Phi) is 18.5. The van der Waals surface area contributed by atoms with E-state index in [9.17, 15) is 0 Å². The lowest BCUT2D eigenvalue weighted by Gasteiger charge is -2.07. The maximum absolute atomic E-state index is 4.40. The second-order valence-electron chi connectivity index (χ2n) is 24.4. The minimum Gasteiger partial charge on any atom is -0.265 e. The van der Waals surface area contributed by atoms with Crippen molar-refractivity contribution < 1.29 is 18.3 Å². The van der Waals surface area contributed by atoms with Gasteiger partial charge in [0.2, 0.25) is 22.8 Å². The molecule has 0 spiro atoms. The first-order chi connectivity index (χ1) is 46.9. The predicted octanol–water partition coefficient (Wildman–Crippen LogP) is 17.6. The van der Waals surface area contributed by atoms with Gasteiger partial charge in [0, 0.05) is 128 Å². The molecule has 0 aliphatic rings. The molecule has 0 amide bonds. The lowest BCUT2D eigenvalue weighted by molar-refractivity contribution is -0.659. The van der Waals surface area contributed by atoms with Crippen molar-refractivity contribution in [1.82, 2.24) is 29.9 Å². The first kappa shape index (κ1) is 62.7. The van der Waals surface area contributed by atoms with Gasteiger partial charge in [-0.25, -0.2) is 28.2 Å². The van der Waals surface area contributed by atoms with Crippen LogP contribution in [0.15, 0.2) is 305 Å². The molecule has 0 aliphatic heterocycles. The van der Waals surface area contributed by atoms with E-state index in [0.29, 0.717) is 0 Å². The lowest BCUT2D eigenvalue weighted by atomic mass is 10.00. The Bertz CT molecular complexity index is 4770. The van der Waals surface area contributed by atoms with Crippen molar-refractivity contribution in [2.75, 3.05) is 0 Å². The third-order valence-electron chi connectivity index (χ3n) is 17.8. The van der Waals surface area contributed by atoms with E-state index in [4.69, 9.17) is 0 Å². The maximum Gasteiger partial charge on any atom is 0.213 e. The fourth-order valence-electron chi connectivity index (χ4n) is 12.6. The Hall–Kier alpha value is -12.1. The summed E-state index contributed by atoms with van der Waals surface area (Å²) in [7, 11) is 8.41. The summed E-state index contributed by atoms with van der Waals surface area (Å²) in [6, 6.07) is 79.2. The van der Waals surface area contributed by atoms with E-state index in [1.807, 2.05) is 42.9 Å². The molecule has 10 nitrogen and oxygen atoms in total. The van der Waals surface area contributed by atoms with E-state index in [1.165, 1.54) is 127 Å². The highest BCUT2D eigenvalue weighted by Gasteiger charge is 2.19. The van der Waals surface area contributed by atoms with Crippen LogP contribution in [-0.2, 0) is 28.2 Å². The van der Waals surface area contributed by atoms with Crippen LogP contribution in [0.1, 0.15) is 22.3 Å². The van der Waals surface area contributed by atoms with Crippen LogP contribution in [0, 0.1) is 27.7 Å². The summed E-state index contributed by atoms with van der Waals surface area (Å²) in [5.74, 6) is 0. The number of hydrogen-bond donors (Lipinski definition) is 0. The number of rotatable bonds is 8. The summed E-state index contributed by atoms with van der Waals surface area (Å²) in [5, 5.41) is 9.82. The summed E-state index contributed by atoms with van der Waals surface area (Å²) < 4.78 is 8.78. The van der Waals surface area contributed by atoms with Crippen LogP contribution in [0.4, 0.5) is 0 Å². The molecule has 16 aromatic rings. The zero-order valence-electron chi connectivity index (χ0n) is 55.3. The van der Waals surface area contributed by atoms with Gasteiger partial charge in [0.1, 0.15) is 34.5 Å². The molecule has 0 saturated carbocycles. The van der Waals surface area contributed by atoms with Gasteiger partial charge in [-0.15, -0.1) is 0 Å². The van der Waals surface area contributed by atoms with Crippen molar-refractivity contribution in [1.29, 1.82) is 0 Å². The van der Waals surface area contributed by atoms with E-state index in [2.05, 4.69) is 329 Å². The van der Waals surface area contributed by atoms with E-state index >= 15 is 0 Å². The van der Waals surface area contributed by atoms with Crippen molar-refractivity contribution in [3.05, 3.63) is 327 Å². The van der Waals surface area contributed by atoms with E-state index < -0.39 is 0 Å². The number of aryl methyl sites for hydroxylation is 8. The van der Waals surface area contributed by atoms with Crippen LogP contribution in [-0.4, -0.2) is 29.9 Å². The second-order valence-corrected chi connectivity index (χ2v) is 24.4. The number of pyridine rings is 6. The predicted molar refractivity (Wildman–Crippen MR) is 390 cm³/mol. The van der Waals surface area contributed by atoms with Gasteiger partial charge >= 0.3 is 0 Å². The Morgan fingerprint density at radius 1 is 0.240 bits per heavy atom. The van der Waals surface area contributed by atoms with Gasteiger partial charge in [-0.3, -0.25) is 19.9 Å². The Balaban J connectivity index is 0.000000116. The topological polar surface area (TPSA) is 92.9 Å². The minimum absolute atomic E-state index is 0.894. The molecule has 0 N–H and O–H groups in total. The van der Waals surface area contributed by atoms with E-state index in [-0.39, 0.29) is 0 Å². The number of aromatic nitrogens is 10. The summed E-state index contributed by atoms with van der Waals surface area (Å²) in [5.41, 5.74) is 23.8. The molecular weight excluding hydrogens is 1170 g/mol. The van der Waals surface area contributed by atoms with Crippen LogP contribution in [0.5, 0.6) is 0 Å². The highest BCUT2D eigenvalue weighted by Crippen LogP contribution is 2.32. The van der Waals surface area contributed by atoms with Gasteiger partial charge in [0.25, 0.3) is 0 Å². The summed E-state index contributed by atoms with van der Waals surface area (Å²) in [6.07, 6.45) is 24.7. The molecule has 96 heavy (non-hydrogen) atoms. The van der Waals surface area contributed by atoms with Crippen LogP contribution in [0.25, 0.3) is 133 Å². The first-order valence-electron chi connectivity index (χ1n) is 32.2. The monoisotopic (exact) mass is 1250 g/mol. The highest BCUT2D eigenvalue weighted by molar-refractivity contribution is 5.92. The van der Waals surface area contributed by atoms with Crippen LogP contribution >= 0.6 is 0 Å². The number of nitrogens with zero attached hydrogens (tertiary/aromatic N) is 10. The Morgan fingerprint density at radius 2 is 0.615 bits per heavy atom. The van der Waals surface area contributed by atoms with Gasteiger partial charge < -0.3 is 0 Å². The fourth-order valence-corrected chi connectivity index (χ4v) is 12.6. The van der Waals surface area contributed by atoms with Crippen LogP contribution < -0.4 is 18.3 Å². The van der Waals surface area contributed by atoms with Crippen LogP contribution in [0.2, 0.25) is 0 Å². The summed E-state index contributed by atoms with van der Waals surface area (Å²) >= 11 is 0. The normalized spacial score (nSPS) is 10.9. The van der Waals surface area contributed by atoms with Crippen LogP contribution in [0.3, 0.4) is 0 Å². The lowest BCUT2D eigenvalue weighted by Crippen LogP contribution is -2.30. The quantitative estimate of drug-likeness (QED) is 0.141.